The zero-order valence-corrected chi connectivity index (χ0v) is 7.94. The molecule has 83 valence electrons. The lowest BCUT2D eigenvalue weighted by molar-refractivity contribution is -0.274. The minimum Gasteiger partial charge on any atom is -0.406 e. The van der Waals surface area contributed by atoms with Gasteiger partial charge in [-0.1, -0.05) is 6.92 Å². The Kier molecular flexibility index (Phi) is 3.21. The number of hydrogen-bond donors (Lipinski definition) is 0. The van der Waals surface area contributed by atoms with E-state index in [1.807, 2.05) is 0 Å². The molecular weight excluding hydrogens is 212 g/mol. The lowest BCUT2D eigenvalue weighted by atomic mass is 10.0. The van der Waals surface area contributed by atoms with Gasteiger partial charge in [-0.25, -0.2) is 4.39 Å². The Morgan fingerprint density at radius 2 is 1.87 bits per heavy atom. The summed E-state index contributed by atoms with van der Waals surface area (Å²) in [6.07, 6.45) is -4.81. The maximum Gasteiger partial charge on any atom is 0.573 e. The molecule has 0 bridgehead atoms. The summed E-state index contributed by atoms with van der Waals surface area (Å²) >= 11 is 0. The first-order valence-corrected chi connectivity index (χ1v) is 4.17. The van der Waals surface area contributed by atoms with E-state index in [1.54, 1.807) is 6.92 Å². The fraction of sp³-hybridized carbons (Fsp3) is 0.300. The van der Waals surface area contributed by atoms with E-state index >= 15 is 0 Å². The summed E-state index contributed by atoms with van der Waals surface area (Å²) < 4.78 is 52.0. The maximum atomic E-state index is 12.9. The Labute approximate surface area is 84.7 Å². The van der Waals surface area contributed by atoms with Crippen LogP contribution in [0.4, 0.5) is 17.6 Å². The van der Waals surface area contributed by atoms with Gasteiger partial charge in [0.15, 0.2) is 0 Å². The van der Waals surface area contributed by atoms with Crippen LogP contribution >= 0.6 is 0 Å². The number of rotatable bonds is 2. The molecular formula is C10H9F4O. The lowest BCUT2D eigenvalue weighted by Gasteiger charge is -2.11. The van der Waals surface area contributed by atoms with E-state index in [4.69, 9.17) is 0 Å². The second kappa shape index (κ2) is 4.08. The van der Waals surface area contributed by atoms with Gasteiger partial charge in [-0.15, -0.1) is 13.2 Å². The summed E-state index contributed by atoms with van der Waals surface area (Å²) in [6, 6.07) is 2.93. The van der Waals surface area contributed by atoms with Crippen molar-refractivity contribution in [3.05, 3.63) is 36.5 Å². The molecule has 0 amide bonds. The largest absolute Gasteiger partial charge is 0.573 e. The van der Waals surface area contributed by atoms with E-state index in [0.29, 0.717) is 11.6 Å². The zero-order valence-electron chi connectivity index (χ0n) is 7.94. The minimum atomic E-state index is -4.81. The summed E-state index contributed by atoms with van der Waals surface area (Å²) in [5, 5.41) is 0. The fourth-order valence-electron chi connectivity index (χ4n) is 1.06. The molecule has 0 aromatic heterocycles. The molecule has 0 aliphatic heterocycles. The first-order valence-electron chi connectivity index (χ1n) is 4.17. The summed E-state index contributed by atoms with van der Waals surface area (Å²) in [6.45, 7) is 5.23. The van der Waals surface area contributed by atoms with Crippen LogP contribution in [0.15, 0.2) is 18.2 Å². The number of alkyl halides is 3. The molecule has 1 atom stereocenters. The van der Waals surface area contributed by atoms with Gasteiger partial charge >= 0.3 is 6.36 Å². The van der Waals surface area contributed by atoms with Crippen molar-refractivity contribution in [1.29, 1.82) is 0 Å². The van der Waals surface area contributed by atoms with Crippen molar-refractivity contribution >= 4 is 0 Å². The molecule has 15 heavy (non-hydrogen) atoms. The molecule has 1 nitrogen and oxygen atoms in total. The molecule has 1 rings (SSSR count). The van der Waals surface area contributed by atoms with Crippen LogP contribution in [0.5, 0.6) is 5.75 Å². The lowest BCUT2D eigenvalue weighted by Crippen LogP contribution is -2.17. The first kappa shape index (κ1) is 11.8. The van der Waals surface area contributed by atoms with Crippen LogP contribution in [-0.4, -0.2) is 6.36 Å². The van der Waals surface area contributed by atoms with Gasteiger partial charge in [-0.3, -0.25) is 0 Å². The van der Waals surface area contributed by atoms with Crippen molar-refractivity contribution in [3.8, 4) is 5.75 Å². The van der Waals surface area contributed by atoms with E-state index in [9.17, 15) is 17.6 Å². The average molecular weight is 221 g/mol. The molecule has 0 spiro atoms. The molecule has 0 aliphatic carbocycles. The quantitative estimate of drug-likeness (QED) is 0.692. The van der Waals surface area contributed by atoms with Crippen LogP contribution in [0.3, 0.4) is 0 Å². The topological polar surface area (TPSA) is 9.23 Å². The summed E-state index contributed by atoms with van der Waals surface area (Å²) in [4.78, 5) is 0. The molecule has 0 fully saturated rings. The van der Waals surface area contributed by atoms with E-state index in [2.05, 4.69) is 11.7 Å². The Morgan fingerprint density at radius 3 is 2.33 bits per heavy atom. The van der Waals surface area contributed by atoms with Crippen molar-refractivity contribution in [3.63, 3.8) is 0 Å². The number of ether oxygens (including phenoxy) is 1. The van der Waals surface area contributed by atoms with Crippen LogP contribution in [0, 0.1) is 12.7 Å². The van der Waals surface area contributed by atoms with Crippen molar-refractivity contribution in [2.24, 2.45) is 0 Å². The monoisotopic (exact) mass is 221 g/mol. The highest BCUT2D eigenvalue weighted by molar-refractivity contribution is 5.32. The van der Waals surface area contributed by atoms with Crippen LogP contribution in [0.25, 0.3) is 0 Å². The normalized spacial score (nSPS) is 11.9. The van der Waals surface area contributed by atoms with E-state index in [0.717, 1.165) is 12.1 Å². The highest BCUT2D eigenvalue weighted by Crippen LogP contribution is 2.27. The van der Waals surface area contributed by atoms with Gasteiger partial charge in [-0.05, 0) is 30.5 Å². The van der Waals surface area contributed by atoms with Gasteiger partial charge < -0.3 is 4.74 Å². The summed E-state index contributed by atoms with van der Waals surface area (Å²) in [5.74, 6) is -1.65. The van der Waals surface area contributed by atoms with Crippen molar-refractivity contribution in [1.82, 2.24) is 0 Å². The SMILES string of the molecule is [CH2]C(C)c1cc(F)cc(OC(F)(F)F)c1. The third-order valence-corrected chi connectivity index (χ3v) is 1.70. The van der Waals surface area contributed by atoms with Gasteiger partial charge in [0.1, 0.15) is 11.6 Å². The Morgan fingerprint density at radius 1 is 1.27 bits per heavy atom. The van der Waals surface area contributed by atoms with Gasteiger partial charge in [0.05, 0.1) is 0 Å². The van der Waals surface area contributed by atoms with Gasteiger partial charge in [-0.2, -0.15) is 0 Å². The Hall–Kier alpha value is -1.26. The molecule has 0 heterocycles. The molecule has 0 aliphatic rings. The summed E-state index contributed by atoms with van der Waals surface area (Å²) in [5.41, 5.74) is 0.356. The smallest absolute Gasteiger partial charge is 0.406 e. The highest BCUT2D eigenvalue weighted by Gasteiger charge is 2.31. The third kappa shape index (κ3) is 3.77. The molecule has 5 heteroatoms. The number of halogens is 4. The molecule has 0 saturated carbocycles. The second-order valence-corrected chi connectivity index (χ2v) is 3.17. The van der Waals surface area contributed by atoms with Gasteiger partial charge in [0.25, 0.3) is 0 Å². The first-order chi connectivity index (χ1) is 6.78. The fourth-order valence-corrected chi connectivity index (χ4v) is 1.06. The molecule has 1 aromatic carbocycles. The summed E-state index contributed by atoms with van der Waals surface area (Å²) in [7, 11) is 0. The van der Waals surface area contributed by atoms with Crippen LogP contribution in [0.2, 0.25) is 0 Å². The van der Waals surface area contributed by atoms with Crippen LogP contribution < -0.4 is 4.74 Å². The van der Waals surface area contributed by atoms with Crippen molar-refractivity contribution < 1.29 is 22.3 Å². The highest BCUT2D eigenvalue weighted by atomic mass is 19.4. The maximum absolute atomic E-state index is 12.9. The van der Waals surface area contributed by atoms with Gasteiger partial charge in [0.2, 0.25) is 0 Å². The predicted molar refractivity (Wildman–Crippen MR) is 46.9 cm³/mol. The molecule has 0 N–H and O–H groups in total. The third-order valence-electron chi connectivity index (χ3n) is 1.70. The number of benzene rings is 1. The molecule has 1 radical (unpaired) electrons. The number of hydrogen-bond acceptors (Lipinski definition) is 1. The minimum absolute atomic E-state index is 0.309. The zero-order chi connectivity index (χ0) is 11.6. The standard InChI is InChI=1S/C10H9F4O/c1-6(2)7-3-8(11)5-9(4-7)15-10(12,13)14/h3-6H,1H2,2H3. The Balaban J connectivity index is 2.99. The molecule has 1 aromatic rings. The van der Waals surface area contributed by atoms with Gasteiger partial charge in [0, 0.05) is 6.07 Å². The second-order valence-electron chi connectivity index (χ2n) is 3.17. The molecule has 0 saturated heterocycles. The van der Waals surface area contributed by atoms with Crippen molar-refractivity contribution in [2.45, 2.75) is 19.2 Å². The van der Waals surface area contributed by atoms with E-state index < -0.39 is 17.9 Å². The van der Waals surface area contributed by atoms with E-state index in [1.165, 1.54) is 0 Å². The van der Waals surface area contributed by atoms with E-state index in [-0.39, 0.29) is 5.92 Å². The van der Waals surface area contributed by atoms with Crippen LogP contribution in [0.1, 0.15) is 18.4 Å². The van der Waals surface area contributed by atoms with Crippen molar-refractivity contribution in [2.75, 3.05) is 0 Å². The predicted octanol–water partition coefficient (Wildman–Crippen LogP) is 3.66. The van der Waals surface area contributed by atoms with Crippen LogP contribution in [-0.2, 0) is 0 Å². The average Bonchev–Trinajstić information content (AvgIpc) is 1.99. The molecule has 1 unspecified atom stereocenters. The Bertz CT molecular complexity index is 344.